The molecule has 0 fully saturated rings. The van der Waals surface area contributed by atoms with E-state index in [9.17, 15) is 9.59 Å². The van der Waals surface area contributed by atoms with Gasteiger partial charge >= 0.3 is 12.0 Å². The summed E-state index contributed by atoms with van der Waals surface area (Å²) in [5.41, 5.74) is 3.40. The molecule has 1 rings (SSSR count). The third kappa shape index (κ3) is 4.99. The van der Waals surface area contributed by atoms with E-state index in [1.54, 1.807) is 0 Å². The first-order chi connectivity index (χ1) is 8.13. The van der Waals surface area contributed by atoms with Gasteiger partial charge in [0.05, 0.1) is 6.42 Å². The molecular formula is C12H21N2O3+. The summed E-state index contributed by atoms with van der Waals surface area (Å²) in [7, 11) is 1.52. The van der Waals surface area contributed by atoms with Crippen molar-refractivity contribution < 1.29 is 20.1 Å². The summed E-state index contributed by atoms with van der Waals surface area (Å²) in [5, 5.41) is 2.43. The Morgan fingerprint density at radius 1 is 1.47 bits per heavy atom. The second-order valence-electron chi connectivity index (χ2n) is 4.34. The van der Waals surface area contributed by atoms with Crippen molar-refractivity contribution in [1.29, 1.82) is 0 Å². The molecule has 5 nitrogen and oxygen atoms in total. The second kappa shape index (κ2) is 7.06. The first-order valence-corrected chi connectivity index (χ1v) is 6.03. The third-order valence-electron chi connectivity index (χ3n) is 2.92. The van der Waals surface area contributed by atoms with E-state index in [1.165, 1.54) is 7.05 Å². The standard InChI is InChI=1S/C12H20N2O3/c1-14-12(16)17-10-7-5-3-2-4-6-9(10)8-11(13)15/h5,7,9-10H,2-4,6,8H2,1H3,(H2,13,15)(H,14,16)/p+1/b7-5+. The first kappa shape index (κ1) is 13.7. The van der Waals surface area contributed by atoms with Crippen molar-refractivity contribution in [2.45, 2.75) is 38.2 Å². The number of ether oxygens (including phenoxy) is 1. The number of rotatable bonds is 3. The lowest BCUT2D eigenvalue weighted by Gasteiger charge is -2.24. The monoisotopic (exact) mass is 241 g/mol. The molecule has 4 N–H and O–H groups in total. The summed E-state index contributed by atoms with van der Waals surface area (Å²) >= 11 is 0. The van der Waals surface area contributed by atoms with Crippen LogP contribution in [0.15, 0.2) is 12.2 Å². The highest BCUT2D eigenvalue weighted by molar-refractivity contribution is 5.67. The number of allylic oxidation sites excluding steroid dienone is 1. The second-order valence-corrected chi connectivity index (χ2v) is 4.34. The van der Waals surface area contributed by atoms with Crippen LogP contribution in [0.5, 0.6) is 0 Å². The Hall–Kier alpha value is -1.36. The molecule has 0 saturated heterocycles. The van der Waals surface area contributed by atoms with Gasteiger partial charge in [-0.1, -0.05) is 12.5 Å². The molecule has 0 saturated carbocycles. The Bertz CT molecular complexity index is 302. The van der Waals surface area contributed by atoms with Crippen LogP contribution >= 0.6 is 0 Å². The van der Waals surface area contributed by atoms with Crippen molar-refractivity contribution >= 4 is 12.0 Å². The minimum atomic E-state index is -0.457. The Kier molecular flexibility index (Phi) is 5.69. The first-order valence-electron chi connectivity index (χ1n) is 6.03. The molecule has 5 heteroatoms. The van der Waals surface area contributed by atoms with Crippen molar-refractivity contribution in [3.63, 3.8) is 0 Å². The van der Waals surface area contributed by atoms with Crippen molar-refractivity contribution in [2.75, 3.05) is 7.05 Å². The van der Waals surface area contributed by atoms with Gasteiger partial charge in [-0.3, -0.25) is 5.73 Å². The summed E-state index contributed by atoms with van der Waals surface area (Å²) in [4.78, 5) is 22.4. The summed E-state index contributed by atoms with van der Waals surface area (Å²) < 4.78 is 5.27. The van der Waals surface area contributed by atoms with Crippen molar-refractivity contribution in [2.24, 2.45) is 5.92 Å². The molecule has 0 spiro atoms. The molecule has 0 aromatic heterocycles. The molecule has 1 aliphatic rings. The van der Waals surface area contributed by atoms with Gasteiger partial charge in [-0.15, -0.1) is 0 Å². The van der Waals surface area contributed by atoms with E-state index in [0.29, 0.717) is 6.42 Å². The molecule has 0 radical (unpaired) electrons. The summed E-state index contributed by atoms with van der Waals surface area (Å²) in [6, 6.07) is 0. The Labute approximate surface area is 101 Å². The van der Waals surface area contributed by atoms with Crippen LogP contribution in [0.25, 0.3) is 0 Å². The molecule has 0 aromatic rings. The lowest BCUT2D eigenvalue weighted by Crippen LogP contribution is -2.58. The minimum Gasteiger partial charge on any atom is -0.442 e. The molecule has 2 atom stereocenters. The fourth-order valence-corrected chi connectivity index (χ4v) is 2.05. The minimum absolute atomic E-state index is 0.0499. The lowest BCUT2D eigenvalue weighted by molar-refractivity contribution is -0.307. The van der Waals surface area contributed by atoms with E-state index in [2.05, 4.69) is 11.1 Å². The molecule has 0 aliphatic heterocycles. The number of alkyl carbamates (subject to hydrolysis) is 1. The smallest absolute Gasteiger partial charge is 0.407 e. The highest BCUT2D eigenvalue weighted by Gasteiger charge is 2.26. The van der Waals surface area contributed by atoms with E-state index in [4.69, 9.17) is 4.74 Å². The predicted molar refractivity (Wildman–Crippen MR) is 62.9 cm³/mol. The molecule has 0 heterocycles. The van der Waals surface area contributed by atoms with Crippen LogP contribution < -0.4 is 11.1 Å². The van der Waals surface area contributed by atoms with E-state index >= 15 is 0 Å². The fraction of sp³-hybridized carbons (Fsp3) is 0.667. The zero-order valence-corrected chi connectivity index (χ0v) is 10.3. The van der Waals surface area contributed by atoms with Gasteiger partial charge in [-0.25, -0.2) is 9.59 Å². The van der Waals surface area contributed by atoms with Gasteiger partial charge in [0.25, 0.3) is 0 Å². The molecule has 0 bridgehead atoms. The summed E-state index contributed by atoms with van der Waals surface area (Å²) in [5.74, 6) is -0.0525. The summed E-state index contributed by atoms with van der Waals surface area (Å²) in [6.07, 6.45) is 7.57. The van der Waals surface area contributed by atoms with E-state index in [-0.39, 0.29) is 17.9 Å². The van der Waals surface area contributed by atoms with Crippen LogP contribution in [-0.2, 0) is 9.53 Å². The SMILES string of the molecule is CNC(=O)OC1/C=C/CCCCC1CC([NH3+])=O. The van der Waals surface area contributed by atoms with E-state index in [0.717, 1.165) is 25.7 Å². The van der Waals surface area contributed by atoms with E-state index in [1.807, 2.05) is 12.2 Å². The third-order valence-corrected chi connectivity index (χ3v) is 2.92. The fourth-order valence-electron chi connectivity index (χ4n) is 2.05. The van der Waals surface area contributed by atoms with Crippen LogP contribution in [0.3, 0.4) is 0 Å². The average molecular weight is 241 g/mol. The maximum Gasteiger partial charge on any atom is 0.407 e. The highest BCUT2D eigenvalue weighted by atomic mass is 16.6. The number of amides is 2. The molecular weight excluding hydrogens is 220 g/mol. The zero-order valence-electron chi connectivity index (χ0n) is 10.3. The van der Waals surface area contributed by atoms with Gasteiger partial charge < -0.3 is 10.1 Å². The molecule has 96 valence electrons. The number of carbonyl (C=O) groups is 2. The van der Waals surface area contributed by atoms with Crippen LogP contribution in [0.4, 0.5) is 4.79 Å². The van der Waals surface area contributed by atoms with Crippen molar-refractivity contribution in [3.05, 3.63) is 12.2 Å². The van der Waals surface area contributed by atoms with Gasteiger partial charge in [-0.05, 0) is 25.3 Å². The number of carbonyl (C=O) groups excluding carboxylic acids is 2. The maximum atomic E-state index is 11.2. The Balaban J connectivity index is 2.69. The zero-order chi connectivity index (χ0) is 12.7. The molecule has 2 amide bonds. The van der Waals surface area contributed by atoms with Crippen LogP contribution in [0.2, 0.25) is 0 Å². The van der Waals surface area contributed by atoms with Gasteiger partial charge in [-0.2, -0.15) is 0 Å². The van der Waals surface area contributed by atoms with E-state index < -0.39 is 6.09 Å². The number of nitrogens with one attached hydrogen (secondary N) is 1. The normalized spacial score (nSPS) is 26.5. The number of hydrogen-bond donors (Lipinski definition) is 2. The van der Waals surface area contributed by atoms with Gasteiger partial charge in [0.2, 0.25) is 0 Å². The molecule has 2 unspecified atom stereocenters. The predicted octanol–water partition coefficient (Wildman–Crippen LogP) is 0.616. The number of hydrogen-bond acceptors (Lipinski definition) is 3. The van der Waals surface area contributed by atoms with Crippen LogP contribution in [0, 0.1) is 5.92 Å². The Morgan fingerprint density at radius 3 is 2.88 bits per heavy atom. The lowest BCUT2D eigenvalue weighted by atomic mass is 9.89. The van der Waals surface area contributed by atoms with Gasteiger partial charge in [0, 0.05) is 13.0 Å². The Morgan fingerprint density at radius 2 is 2.24 bits per heavy atom. The summed E-state index contributed by atoms with van der Waals surface area (Å²) in [6.45, 7) is 0. The van der Waals surface area contributed by atoms with Crippen molar-refractivity contribution in [1.82, 2.24) is 5.32 Å². The average Bonchev–Trinajstić information content (AvgIpc) is 2.26. The topological polar surface area (TPSA) is 83.0 Å². The van der Waals surface area contributed by atoms with Crippen LogP contribution in [-0.4, -0.2) is 25.2 Å². The van der Waals surface area contributed by atoms with Crippen LogP contribution in [0.1, 0.15) is 32.1 Å². The largest absolute Gasteiger partial charge is 0.442 e. The molecule has 17 heavy (non-hydrogen) atoms. The quantitative estimate of drug-likeness (QED) is 0.710. The van der Waals surface area contributed by atoms with Gasteiger partial charge in [0.1, 0.15) is 6.10 Å². The van der Waals surface area contributed by atoms with Gasteiger partial charge in [0.15, 0.2) is 0 Å². The number of quaternary nitrogens is 1. The molecule has 0 aromatic carbocycles. The van der Waals surface area contributed by atoms with Crippen molar-refractivity contribution in [3.8, 4) is 0 Å². The highest BCUT2D eigenvalue weighted by Crippen LogP contribution is 2.23. The molecule has 1 aliphatic carbocycles. The maximum absolute atomic E-state index is 11.2.